The Morgan fingerprint density at radius 3 is 1.76 bits per heavy atom. The molecule has 0 nitrogen and oxygen atoms in total. The van der Waals surface area contributed by atoms with Crippen molar-refractivity contribution in [3.8, 4) is 11.1 Å². The molecule has 0 heterocycles. The minimum Gasteiger partial charge on any atom is -0.0654 e. The molecule has 0 aliphatic rings. The molecular formula is C21H28. The van der Waals surface area contributed by atoms with Crippen LogP contribution >= 0.6 is 0 Å². The summed E-state index contributed by atoms with van der Waals surface area (Å²) in [6, 6.07) is 15.4. The lowest BCUT2D eigenvalue weighted by molar-refractivity contribution is 0.556. The van der Waals surface area contributed by atoms with Crippen molar-refractivity contribution < 1.29 is 0 Å². The summed E-state index contributed by atoms with van der Waals surface area (Å²) in [7, 11) is 0. The van der Waals surface area contributed by atoms with Gasteiger partial charge in [-0.25, -0.2) is 0 Å². The van der Waals surface area contributed by atoms with Gasteiger partial charge in [-0.1, -0.05) is 69.2 Å². The highest BCUT2D eigenvalue weighted by Gasteiger charge is 2.16. The van der Waals surface area contributed by atoms with Crippen molar-refractivity contribution in [3.05, 3.63) is 59.2 Å². The smallest absolute Gasteiger partial charge is 0.0157 e. The Hall–Kier alpha value is -1.56. The average Bonchev–Trinajstić information content (AvgIpc) is 2.48. The third kappa shape index (κ3) is 3.75. The summed E-state index contributed by atoms with van der Waals surface area (Å²) >= 11 is 0. The van der Waals surface area contributed by atoms with Crippen molar-refractivity contribution in [2.45, 2.75) is 59.3 Å². The quantitative estimate of drug-likeness (QED) is 0.555. The maximum absolute atomic E-state index is 2.37. The van der Waals surface area contributed by atoms with Gasteiger partial charge in [-0.2, -0.15) is 0 Å². The van der Waals surface area contributed by atoms with Gasteiger partial charge < -0.3 is 0 Å². The van der Waals surface area contributed by atoms with Crippen LogP contribution in [0.5, 0.6) is 0 Å². The van der Waals surface area contributed by atoms with E-state index in [0.29, 0.717) is 0 Å². The highest BCUT2D eigenvalue weighted by Crippen LogP contribution is 2.34. The molecule has 2 rings (SSSR count). The van der Waals surface area contributed by atoms with Crippen LogP contribution in [0.2, 0.25) is 0 Å². The van der Waals surface area contributed by atoms with Gasteiger partial charge in [0.1, 0.15) is 0 Å². The van der Waals surface area contributed by atoms with Crippen LogP contribution in [0.25, 0.3) is 11.1 Å². The minimum absolute atomic E-state index is 0.727. The molecule has 21 heavy (non-hydrogen) atoms. The fourth-order valence-corrected chi connectivity index (χ4v) is 3.55. The Kier molecular flexibility index (Phi) is 5.61. The van der Waals surface area contributed by atoms with E-state index in [1.807, 2.05) is 0 Å². The summed E-state index contributed by atoms with van der Waals surface area (Å²) in [5, 5.41) is 0. The molecule has 112 valence electrons. The zero-order valence-electron chi connectivity index (χ0n) is 13.9. The van der Waals surface area contributed by atoms with Crippen LogP contribution in [-0.2, 0) is 0 Å². The molecule has 0 aromatic heterocycles. The van der Waals surface area contributed by atoms with Crippen molar-refractivity contribution in [1.82, 2.24) is 0 Å². The lowest BCUT2D eigenvalue weighted by Gasteiger charge is -2.22. The van der Waals surface area contributed by atoms with E-state index in [1.54, 1.807) is 5.56 Å². The monoisotopic (exact) mass is 280 g/mol. The summed E-state index contributed by atoms with van der Waals surface area (Å²) in [5.74, 6) is 0.727. The molecule has 0 bridgehead atoms. The van der Waals surface area contributed by atoms with Gasteiger partial charge in [-0.15, -0.1) is 0 Å². The minimum atomic E-state index is 0.727. The lowest BCUT2D eigenvalue weighted by atomic mass is 9.83. The van der Waals surface area contributed by atoms with Crippen LogP contribution in [0.1, 0.15) is 62.1 Å². The molecule has 0 amide bonds. The van der Waals surface area contributed by atoms with Crippen molar-refractivity contribution in [2.75, 3.05) is 0 Å². The van der Waals surface area contributed by atoms with E-state index in [2.05, 4.69) is 70.2 Å². The molecule has 0 fully saturated rings. The van der Waals surface area contributed by atoms with Gasteiger partial charge in [0, 0.05) is 0 Å². The van der Waals surface area contributed by atoms with Crippen molar-refractivity contribution in [2.24, 2.45) is 0 Å². The van der Waals surface area contributed by atoms with Crippen LogP contribution in [0.4, 0.5) is 0 Å². The van der Waals surface area contributed by atoms with E-state index >= 15 is 0 Å². The first-order valence-corrected chi connectivity index (χ1v) is 8.33. The van der Waals surface area contributed by atoms with E-state index in [9.17, 15) is 0 Å². The second-order valence-corrected chi connectivity index (χ2v) is 6.16. The predicted molar refractivity (Wildman–Crippen MR) is 93.9 cm³/mol. The molecule has 0 unspecified atom stereocenters. The Bertz CT molecular complexity index is 537. The van der Waals surface area contributed by atoms with E-state index in [0.717, 1.165) is 5.92 Å². The number of aryl methyl sites for hydroxylation is 2. The number of hydrogen-bond acceptors (Lipinski definition) is 0. The van der Waals surface area contributed by atoms with Gasteiger partial charge >= 0.3 is 0 Å². The van der Waals surface area contributed by atoms with Crippen molar-refractivity contribution in [1.29, 1.82) is 0 Å². The second kappa shape index (κ2) is 7.45. The van der Waals surface area contributed by atoms with Gasteiger partial charge in [0.2, 0.25) is 0 Å². The first-order chi connectivity index (χ1) is 10.2. The fourth-order valence-electron chi connectivity index (χ4n) is 3.55. The summed E-state index contributed by atoms with van der Waals surface area (Å²) in [6.45, 7) is 9.16. The Labute approximate surface area is 130 Å². The maximum Gasteiger partial charge on any atom is -0.0157 e. The number of benzene rings is 2. The molecular weight excluding hydrogens is 252 g/mol. The zero-order chi connectivity index (χ0) is 15.2. The standard InChI is InChI=1S/C21H28/c1-5-10-19(11-6-2)21-16(3)14-20(15-17(21)4)18-12-8-7-9-13-18/h7-9,12-15,19H,5-6,10-11H2,1-4H3. The van der Waals surface area contributed by atoms with Crippen LogP contribution in [-0.4, -0.2) is 0 Å². The number of rotatable bonds is 6. The molecule has 2 aromatic rings. The summed E-state index contributed by atoms with van der Waals surface area (Å²) < 4.78 is 0. The Morgan fingerprint density at radius 2 is 1.29 bits per heavy atom. The zero-order valence-corrected chi connectivity index (χ0v) is 13.9. The normalized spacial score (nSPS) is 11.1. The highest BCUT2D eigenvalue weighted by atomic mass is 14.2. The first-order valence-electron chi connectivity index (χ1n) is 8.33. The SMILES string of the molecule is CCCC(CCC)c1c(C)cc(-c2ccccc2)cc1C. The molecule has 0 spiro atoms. The molecule has 0 saturated carbocycles. The molecule has 0 atom stereocenters. The van der Waals surface area contributed by atoms with E-state index < -0.39 is 0 Å². The van der Waals surface area contributed by atoms with Crippen LogP contribution in [0.15, 0.2) is 42.5 Å². The summed E-state index contributed by atoms with van der Waals surface area (Å²) in [6.07, 6.45) is 5.15. The summed E-state index contributed by atoms with van der Waals surface area (Å²) in [4.78, 5) is 0. The Balaban J connectivity index is 2.41. The molecule has 0 heteroatoms. The van der Waals surface area contributed by atoms with Crippen LogP contribution in [0, 0.1) is 13.8 Å². The van der Waals surface area contributed by atoms with Gasteiger partial charge in [-0.3, -0.25) is 0 Å². The molecule has 0 N–H and O–H groups in total. The second-order valence-electron chi connectivity index (χ2n) is 6.16. The first kappa shape index (κ1) is 15.8. The molecule has 0 aliphatic heterocycles. The van der Waals surface area contributed by atoms with Crippen LogP contribution in [0.3, 0.4) is 0 Å². The van der Waals surface area contributed by atoms with Crippen molar-refractivity contribution >= 4 is 0 Å². The highest BCUT2D eigenvalue weighted by molar-refractivity contribution is 5.66. The van der Waals surface area contributed by atoms with Gasteiger partial charge in [-0.05, 0) is 60.4 Å². The van der Waals surface area contributed by atoms with E-state index in [1.165, 1.54) is 47.9 Å². The predicted octanol–water partition coefficient (Wildman–Crippen LogP) is 6.65. The van der Waals surface area contributed by atoms with Crippen molar-refractivity contribution in [3.63, 3.8) is 0 Å². The van der Waals surface area contributed by atoms with Gasteiger partial charge in [0.15, 0.2) is 0 Å². The third-order valence-corrected chi connectivity index (χ3v) is 4.38. The Morgan fingerprint density at radius 1 is 0.762 bits per heavy atom. The van der Waals surface area contributed by atoms with E-state index in [-0.39, 0.29) is 0 Å². The molecule has 0 aliphatic carbocycles. The molecule has 2 aromatic carbocycles. The fraction of sp³-hybridized carbons (Fsp3) is 0.429. The average molecular weight is 280 g/mol. The van der Waals surface area contributed by atoms with Crippen LogP contribution < -0.4 is 0 Å². The van der Waals surface area contributed by atoms with Gasteiger partial charge in [0.05, 0.1) is 0 Å². The van der Waals surface area contributed by atoms with E-state index in [4.69, 9.17) is 0 Å². The molecule has 0 radical (unpaired) electrons. The summed E-state index contributed by atoms with van der Waals surface area (Å²) in [5.41, 5.74) is 7.18. The lowest BCUT2D eigenvalue weighted by Crippen LogP contribution is -2.04. The third-order valence-electron chi connectivity index (χ3n) is 4.38. The maximum atomic E-state index is 2.37. The largest absolute Gasteiger partial charge is 0.0654 e. The topological polar surface area (TPSA) is 0 Å². The molecule has 0 saturated heterocycles. The number of hydrogen-bond donors (Lipinski definition) is 0. The van der Waals surface area contributed by atoms with Gasteiger partial charge in [0.25, 0.3) is 0 Å².